The van der Waals surface area contributed by atoms with Gasteiger partial charge in [-0.3, -0.25) is 9.89 Å². The van der Waals surface area contributed by atoms with Crippen LogP contribution < -0.4 is 10.1 Å². The summed E-state index contributed by atoms with van der Waals surface area (Å²) in [6, 6.07) is 6.20. The molecule has 0 aliphatic heterocycles. The van der Waals surface area contributed by atoms with E-state index in [4.69, 9.17) is 10.00 Å². The van der Waals surface area contributed by atoms with Crippen LogP contribution in [0.25, 0.3) is 22.0 Å². The summed E-state index contributed by atoms with van der Waals surface area (Å²) in [5, 5.41) is 16.9. The minimum atomic E-state index is -4.44. The van der Waals surface area contributed by atoms with Gasteiger partial charge >= 0.3 is 0 Å². The van der Waals surface area contributed by atoms with Crippen LogP contribution in [0.2, 0.25) is 0 Å². The van der Waals surface area contributed by atoms with E-state index >= 15 is 8.78 Å². The average Bonchev–Trinajstić information content (AvgIpc) is 3.31. The van der Waals surface area contributed by atoms with Crippen LogP contribution in [0.5, 0.6) is 5.88 Å². The van der Waals surface area contributed by atoms with E-state index in [2.05, 4.69) is 20.5 Å². The quantitative estimate of drug-likeness (QED) is 0.274. The van der Waals surface area contributed by atoms with Crippen molar-refractivity contribution < 1.29 is 35.5 Å². The van der Waals surface area contributed by atoms with Gasteiger partial charge in [0.1, 0.15) is 40.1 Å². The third-order valence-electron chi connectivity index (χ3n) is 5.32. The van der Waals surface area contributed by atoms with Gasteiger partial charge in [-0.1, -0.05) is 12.1 Å². The minimum absolute atomic E-state index is 0.0121. The van der Waals surface area contributed by atoms with Crippen molar-refractivity contribution in [2.45, 2.75) is 10.6 Å². The first-order chi connectivity index (χ1) is 17.6. The molecule has 0 saturated heterocycles. The monoisotopic (exact) mass is 533 g/mol. The lowest BCUT2D eigenvalue weighted by atomic mass is 9.99. The van der Waals surface area contributed by atoms with E-state index in [1.165, 1.54) is 6.07 Å². The van der Waals surface area contributed by atoms with E-state index in [9.17, 15) is 22.0 Å². The van der Waals surface area contributed by atoms with Crippen molar-refractivity contribution in [3.05, 3.63) is 71.1 Å². The highest BCUT2D eigenvalue weighted by molar-refractivity contribution is 7.90. The molecule has 190 valence electrons. The molecule has 14 heteroatoms. The van der Waals surface area contributed by atoms with Crippen LogP contribution in [0.1, 0.15) is 16.1 Å². The zero-order valence-corrected chi connectivity index (χ0v) is 19.6. The van der Waals surface area contributed by atoms with E-state index < -0.39 is 77.7 Å². The number of sulfone groups is 1. The summed E-state index contributed by atoms with van der Waals surface area (Å²) < 4.78 is 89.9. The third kappa shape index (κ3) is 4.68. The van der Waals surface area contributed by atoms with E-state index in [1.807, 2.05) is 0 Å². The number of pyridine rings is 1. The molecule has 0 unspecified atom stereocenters. The molecule has 0 radical (unpaired) electrons. The second-order valence-electron chi connectivity index (χ2n) is 7.58. The number of H-pyrrole nitrogens is 1. The maximum absolute atomic E-state index is 15.5. The first-order valence-corrected chi connectivity index (χ1v) is 12.0. The predicted octanol–water partition coefficient (Wildman–Crippen LogP) is 3.42. The van der Waals surface area contributed by atoms with Crippen molar-refractivity contribution in [2.75, 3.05) is 13.7 Å². The highest BCUT2D eigenvalue weighted by Gasteiger charge is 2.27. The van der Waals surface area contributed by atoms with Crippen LogP contribution in [-0.2, 0) is 15.6 Å². The number of ether oxygens (including phenoxy) is 1. The van der Waals surface area contributed by atoms with Gasteiger partial charge < -0.3 is 10.1 Å². The Kier molecular flexibility index (Phi) is 6.82. The van der Waals surface area contributed by atoms with Crippen molar-refractivity contribution in [3.63, 3.8) is 0 Å². The zero-order valence-electron chi connectivity index (χ0n) is 18.8. The van der Waals surface area contributed by atoms with Gasteiger partial charge in [0.05, 0.1) is 30.7 Å². The largest absolute Gasteiger partial charge is 0.480 e. The van der Waals surface area contributed by atoms with Crippen LogP contribution in [0.4, 0.5) is 17.6 Å². The predicted molar refractivity (Wildman–Crippen MR) is 121 cm³/mol. The zero-order chi connectivity index (χ0) is 26.9. The number of nitrogens with one attached hydrogen (secondary N) is 2. The summed E-state index contributed by atoms with van der Waals surface area (Å²) in [4.78, 5) is 15.0. The second-order valence-corrected chi connectivity index (χ2v) is 9.54. The maximum atomic E-state index is 15.5. The number of benzene rings is 2. The topological polar surface area (TPSA) is 138 Å². The molecule has 0 fully saturated rings. The van der Waals surface area contributed by atoms with Crippen molar-refractivity contribution in [1.29, 1.82) is 5.26 Å². The van der Waals surface area contributed by atoms with Crippen LogP contribution >= 0.6 is 0 Å². The van der Waals surface area contributed by atoms with Crippen molar-refractivity contribution in [1.82, 2.24) is 20.5 Å². The van der Waals surface area contributed by atoms with Gasteiger partial charge in [0.15, 0.2) is 15.7 Å². The molecule has 0 atom stereocenters. The van der Waals surface area contributed by atoms with E-state index in [-0.39, 0.29) is 17.6 Å². The van der Waals surface area contributed by atoms with Crippen LogP contribution in [-0.4, -0.2) is 43.2 Å². The molecule has 9 nitrogen and oxygen atoms in total. The van der Waals surface area contributed by atoms with Crippen LogP contribution in [0, 0.1) is 34.6 Å². The Bertz CT molecular complexity index is 1700. The number of methoxy groups -OCH3 is 1. The first kappa shape index (κ1) is 25.6. The molecule has 37 heavy (non-hydrogen) atoms. The molecule has 0 aliphatic rings. The summed E-state index contributed by atoms with van der Waals surface area (Å²) in [6.07, 6.45) is 0.737. The van der Waals surface area contributed by atoms with Gasteiger partial charge in [0.25, 0.3) is 5.91 Å². The molecule has 2 aromatic carbocycles. The van der Waals surface area contributed by atoms with Gasteiger partial charge in [0.2, 0.25) is 5.88 Å². The normalized spacial score (nSPS) is 11.4. The highest BCUT2D eigenvalue weighted by Crippen LogP contribution is 2.35. The van der Waals surface area contributed by atoms with Crippen molar-refractivity contribution >= 4 is 26.6 Å². The number of nitriles is 1. The SMILES string of the molecule is COc1ncc(F)cc1S(=O)(=O)Cc1ccc(F)c(-c2ccc3c(C(=O)NCC#N)[nH]nc3c2F)c1F. The number of hydrogen-bond donors (Lipinski definition) is 2. The van der Waals surface area contributed by atoms with E-state index in [0.717, 1.165) is 31.5 Å². The first-order valence-electron chi connectivity index (χ1n) is 10.3. The van der Waals surface area contributed by atoms with Gasteiger partial charge in [-0.2, -0.15) is 10.4 Å². The second kappa shape index (κ2) is 9.86. The minimum Gasteiger partial charge on any atom is -0.480 e. The molecule has 0 saturated carbocycles. The molecule has 0 aliphatic carbocycles. The molecule has 0 bridgehead atoms. The standard InChI is InChI=1S/C23H15F4N5O4S/c1-36-23-16(8-12(24)9-30-23)37(34,35)10-11-2-5-15(25)17(18(11)26)13-3-4-14-20(19(13)27)31-32-21(14)22(33)29-7-6-28/h2-5,8-9H,7,10H2,1H3,(H,29,33)(H,31,32). The molecule has 4 rings (SSSR count). The lowest BCUT2D eigenvalue weighted by molar-refractivity contribution is 0.0955. The number of hydrogen-bond acceptors (Lipinski definition) is 7. The summed E-state index contributed by atoms with van der Waals surface area (Å²) in [7, 11) is -3.33. The summed E-state index contributed by atoms with van der Waals surface area (Å²) in [6.45, 7) is -0.316. The van der Waals surface area contributed by atoms with Gasteiger partial charge in [-0.05, 0) is 18.2 Å². The van der Waals surface area contributed by atoms with Gasteiger partial charge in [0, 0.05) is 16.5 Å². The average molecular weight is 533 g/mol. The Morgan fingerprint density at radius 1 is 1.16 bits per heavy atom. The van der Waals surface area contributed by atoms with Gasteiger partial charge in [-0.15, -0.1) is 0 Å². The maximum Gasteiger partial charge on any atom is 0.270 e. The number of carbonyl (C=O) groups excluding carboxylic acids is 1. The summed E-state index contributed by atoms with van der Waals surface area (Å²) in [5.74, 6) is -6.92. The fourth-order valence-electron chi connectivity index (χ4n) is 3.64. The Morgan fingerprint density at radius 3 is 2.62 bits per heavy atom. The van der Waals surface area contributed by atoms with Crippen molar-refractivity contribution in [2.24, 2.45) is 0 Å². The Labute approximate surface area is 206 Å². The Hall–Kier alpha value is -4.51. The number of halogens is 4. The van der Waals surface area contributed by atoms with E-state index in [1.54, 1.807) is 6.07 Å². The van der Waals surface area contributed by atoms with Crippen molar-refractivity contribution in [3.8, 4) is 23.1 Å². The molecular weight excluding hydrogens is 518 g/mol. The lowest BCUT2D eigenvalue weighted by Gasteiger charge is -2.13. The third-order valence-corrected chi connectivity index (χ3v) is 6.97. The molecule has 2 aromatic heterocycles. The fraction of sp³-hybridized carbons (Fsp3) is 0.130. The molecule has 2 heterocycles. The van der Waals surface area contributed by atoms with Gasteiger partial charge in [-0.25, -0.2) is 31.0 Å². The molecule has 1 amide bonds. The number of fused-ring (bicyclic) bond motifs is 1. The van der Waals surface area contributed by atoms with Crippen LogP contribution in [0.15, 0.2) is 41.4 Å². The molecule has 0 spiro atoms. The fourth-order valence-corrected chi connectivity index (χ4v) is 5.12. The number of carbonyl (C=O) groups is 1. The Balaban J connectivity index is 1.78. The smallest absolute Gasteiger partial charge is 0.270 e. The Morgan fingerprint density at radius 2 is 1.92 bits per heavy atom. The number of rotatable bonds is 7. The highest BCUT2D eigenvalue weighted by atomic mass is 32.2. The molecule has 4 aromatic rings. The lowest BCUT2D eigenvalue weighted by Crippen LogP contribution is -2.24. The summed E-state index contributed by atoms with van der Waals surface area (Å²) >= 11 is 0. The van der Waals surface area contributed by atoms with E-state index in [0.29, 0.717) is 6.07 Å². The molecular formula is C23H15F4N5O4S. The number of nitrogens with zero attached hydrogens (tertiary/aromatic N) is 3. The number of amides is 1. The number of aromatic nitrogens is 3. The number of aromatic amines is 1. The summed E-state index contributed by atoms with van der Waals surface area (Å²) in [5.41, 5.74) is -2.56. The molecule has 2 N–H and O–H groups in total. The van der Waals surface area contributed by atoms with Crippen LogP contribution in [0.3, 0.4) is 0 Å².